The Morgan fingerprint density at radius 1 is 1.25 bits per heavy atom. The summed E-state index contributed by atoms with van der Waals surface area (Å²) < 4.78 is 1.72. The van der Waals surface area contributed by atoms with Crippen LogP contribution in [0.25, 0.3) is 5.69 Å². The van der Waals surface area contributed by atoms with Gasteiger partial charge in [0.15, 0.2) is 0 Å². The normalized spacial score (nSPS) is 11.4. The van der Waals surface area contributed by atoms with Gasteiger partial charge in [0.2, 0.25) is 5.91 Å². The third-order valence-corrected chi connectivity index (χ3v) is 2.01. The average molecular weight is 213 g/mol. The molecule has 1 heterocycles. The van der Waals surface area contributed by atoms with Gasteiger partial charge in [-0.2, -0.15) is 5.10 Å². The topological polar surface area (TPSA) is 47.2 Å². The molecule has 0 saturated carbocycles. The molecule has 0 atom stereocenters. The van der Waals surface area contributed by atoms with Crippen molar-refractivity contribution < 1.29 is 4.79 Å². The lowest BCUT2D eigenvalue weighted by molar-refractivity contribution is -0.116. The highest BCUT2D eigenvalue weighted by molar-refractivity contribution is 5.73. The molecular formula is C12H11N3O. The van der Waals surface area contributed by atoms with Crippen LogP contribution in [0.15, 0.2) is 53.8 Å². The number of benzene rings is 1. The highest BCUT2D eigenvalue weighted by atomic mass is 16.1. The summed E-state index contributed by atoms with van der Waals surface area (Å²) in [7, 11) is 0. The maximum Gasteiger partial charge on any atom is 0.243 e. The molecular weight excluding hydrogens is 202 g/mol. The minimum Gasteiger partial charge on any atom is -0.273 e. The Morgan fingerprint density at radius 3 is 2.56 bits per heavy atom. The second kappa shape index (κ2) is 4.53. The van der Waals surface area contributed by atoms with E-state index in [2.05, 4.69) is 10.1 Å². The molecule has 1 aromatic heterocycles. The van der Waals surface area contributed by atoms with Crippen LogP contribution in [0.5, 0.6) is 0 Å². The minimum atomic E-state index is -0.223. The maximum absolute atomic E-state index is 10.8. The van der Waals surface area contributed by atoms with Crippen molar-refractivity contribution in [3.8, 4) is 5.69 Å². The van der Waals surface area contributed by atoms with Gasteiger partial charge < -0.3 is 0 Å². The Morgan fingerprint density at radius 2 is 2.00 bits per heavy atom. The van der Waals surface area contributed by atoms with Crippen LogP contribution in [0.4, 0.5) is 0 Å². The van der Waals surface area contributed by atoms with Gasteiger partial charge in [-0.25, -0.2) is 9.67 Å². The quantitative estimate of drug-likeness (QED) is 0.717. The van der Waals surface area contributed by atoms with Crippen LogP contribution in [0.3, 0.4) is 0 Å². The predicted molar refractivity (Wildman–Crippen MR) is 59.8 cm³/mol. The van der Waals surface area contributed by atoms with Crippen molar-refractivity contribution >= 4 is 5.91 Å². The number of hydrogen-bond acceptors (Lipinski definition) is 2. The van der Waals surface area contributed by atoms with Gasteiger partial charge in [-0.1, -0.05) is 18.2 Å². The van der Waals surface area contributed by atoms with E-state index in [9.17, 15) is 4.79 Å². The van der Waals surface area contributed by atoms with Crippen LogP contribution < -0.4 is 5.36 Å². The van der Waals surface area contributed by atoms with Crippen LogP contribution in [-0.4, -0.2) is 15.7 Å². The highest BCUT2D eigenvalue weighted by Crippen LogP contribution is 2.02. The lowest BCUT2D eigenvalue weighted by atomic mass is 10.3. The van der Waals surface area contributed by atoms with Crippen molar-refractivity contribution in [2.24, 2.45) is 4.99 Å². The molecule has 0 radical (unpaired) electrons. The lowest BCUT2D eigenvalue weighted by Crippen LogP contribution is -2.09. The van der Waals surface area contributed by atoms with Crippen molar-refractivity contribution in [1.29, 1.82) is 0 Å². The molecule has 0 bridgehead atoms. The number of carbonyl (C=O) groups excluding carboxylic acids is 1. The number of para-hydroxylation sites is 1. The van der Waals surface area contributed by atoms with E-state index in [-0.39, 0.29) is 5.91 Å². The van der Waals surface area contributed by atoms with Gasteiger partial charge in [0.1, 0.15) is 0 Å². The van der Waals surface area contributed by atoms with Crippen molar-refractivity contribution in [3.05, 3.63) is 54.1 Å². The van der Waals surface area contributed by atoms with E-state index in [4.69, 9.17) is 0 Å². The SMILES string of the molecule is CC(=O)N=c1ccn(-c2ccccc2)nc1. The number of rotatable bonds is 1. The molecule has 0 saturated heterocycles. The average Bonchev–Trinajstić information content (AvgIpc) is 2.30. The van der Waals surface area contributed by atoms with E-state index in [1.807, 2.05) is 30.3 Å². The standard InChI is InChI=1S/C12H11N3O/c1-10(16)14-11-7-8-15(13-9-11)12-5-3-2-4-6-12/h2-9H,1H3. The summed E-state index contributed by atoms with van der Waals surface area (Å²) in [6.07, 6.45) is 3.34. The van der Waals surface area contributed by atoms with E-state index in [0.29, 0.717) is 5.36 Å². The van der Waals surface area contributed by atoms with E-state index < -0.39 is 0 Å². The minimum absolute atomic E-state index is 0.223. The van der Waals surface area contributed by atoms with Crippen LogP contribution >= 0.6 is 0 Å². The van der Waals surface area contributed by atoms with E-state index in [0.717, 1.165) is 5.69 Å². The van der Waals surface area contributed by atoms with E-state index >= 15 is 0 Å². The van der Waals surface area contributed by atoms with Gasteiger partial charge in [0.25, 0.3) is 0 Å². The van der Waals surface area contributed by atoms with Crippen molar-refractivity contribution in [1.82, 2.24) is 9.78 Å². The number of hydrogen-bond donors (Lipinski definition) is 0. The molecule has 1 amide bonds. The van der Waals surface area contributed by atoms with Crippen molar-refractivity contribution in [2.45, 2.75) is 6.92 Å². The monoisotopic (exact) mass is 213 g/mol. The molecule has 1 aromatic carbocycles. The zero-order chi connectivity index (χ0) is 11.4. The summed E-state index contributed by atoms with van der Waals surface area (Å²) in [5.74, 6) is -0.223. The molecule has 0 aliphatic heterocycles. The fourth-order valence-corrected chi connectivity index (χ4v) is 1.33. The molecule has 4 heteroatoms. The molecule has 0 unspecified atom stereocenters. The Bertz CT molecular complexity index is 537. The number of carbonyl (C=O) groups is 1. The molecule has 0 N–H and O–H groups in total. The summed E-state index contributed by atoms with van der Waals surface area (Å²) in [4.78, 5) is 14.5. The molecule has 2 aromatic rings. The molecule has 0 aliphatic rings. The second-order valence-corrected chi connectivity index (χ2v) is 3.30. The van der Waals surface area contributed by atoms with Crippen LogP contribution in [0.2, 0.25) is 0 Å². The summed E-state index contributed by atoms with van der Waals surface area (Å²) in [5, 5.41) is 4.74. The van der Waals surface area contributed by atoms with Crippen LogP contribution in [0.1, 0.15) is 6.92 Å². The highest BCUT2D eigenvalue weighted by Gasteiger charge is 1.93. The van der Waals surface area contributed by atoms with E-state index in [1.165, 1.54) is 6.92 Å². The first-order valence-electron chi connectivity index (χ1n) is 4.91. The first kappa shape index (κ1) is 10.3. The molecule has 16 heavy (non-hydrogen) atoms. The third-order valence-electron chi connectivity index (χ3n) is 2.01. The zero-order valence-corrected chi connectivity index (χ0v) is 8.87. The van der Waals surface area contributed by atoms with Gasteiger partial charge >= 0.3 is 0 Å². The Hall–Kier alpha value is -2.23. The molecule has 0 fully saturated rings. The van der Waals surface area contributed by atoms with Crippen LogP contribution in [0, 0.1) is 0 Å². The zero-order valence-electron chi connectivity index (χ0n) is 8.87. The number of nitrogens with zero attached hydrogens (tertiary/aromatic N) is 3. The number of aromatic nitrogens is 2. The fourth-order valence-electron chi connectivity index (χ4n) is 1.33. The van der Waals surface area contributed by atoms with Crippen molar-refractivity contribution in [2.75, 3.05) is 0 Å². The smallest absolute Gasteiger partial charge is 0.243 e. The first-order chi connectivity index (χ1) is 7.75. The van der Waals surface area contributed by atoms with Crippen molar-refractivity contribution in [3.63, 3.8) is 0 Å². The lowest BCUT2D eigenvalue weighted by Gasteiger charge is -2.02. The summed E-state index contributed by atoms with van der Waals surface area (Å²) >= 11 is 0. The Kier molecular flexibility index (Phi) is 2.91. The molecule has 0 spiro atoms. The molecule has 80 valence electrons. The third kappa shape index (κ3) is 2.42. The summed E-state index contributed by atoms with van der Waals surface area (Å²) in [5.41, 5.74) is 0.969. The van der Waals surface area contributed by atoms with Crippen LogP contribution in [-0.2, 0) is 4.79 Å². The largest absolute Gasteiger partial charge is 0.273 e. The van der Waals surface area contributed by atoms with Gasteiger partial charge in [0.05, 0.1) is 17.2 Å². The first-order valence-corrected chi connectivity index (χ1v) is 4.91. The van der Waals surface area contributed by atoms with Gasteiger partial charge in [-0.3, -0.25) is 4.79 Å². The summed E-state index contributed by atoms with van der Waals surface area (Å²) in [6, 6.07) is 11.5. The Balaban J connectivity index is 2.37. The van der Waals surface area contributed by atoms with Gasteiger partial charge in [-0.05, 0) is 18.2 Å². The van der Waals surface area contributed by atoms with Gasteiger partial charge in [-0.15, -0.1) is 0 Å². The van der Waals surface area contributed by atoms with E-state index in [1.54, 1.807) is 23.1 Å². The predicted octanol–water partition coefficient (Wildman–Crippen LogP) is 1.32. The molecule has 2 rings (SSSR count). The molecule has 4 nitrogen and oxygen atoms in total. The van der Waals surface area contributed by atoms with Gasteiger partial charge in [0, 0.05) is 13.1 Å². The Labute approximate surface area is 92.9 Å². The molecule has 0 aliphatic carbocycles. The number of amides is 1. The summed E-state index contributed by atoms with van der Waals surface area (Å²) in [6.45, 7) is 1.41. The maximum atomic E-state index is 10.8. The fraction of sp³-hybridized carbons (Fsp3) is 0.0833. The second-order valence-electron chi connectivity index (χ2n) is 3.30.